The first-order chi connectivity index (χ1) is 7.39. The molecule has 2 heterocycles. The van der Waals surface area contributed by atoms with E-state index in [1.165, 1.54) is 0 Å². The van der Waals surface area contributed by atoms with E-state index in [0.29, 0.717) is 0 Å². The maximum atomic E-state index is 12.6. The molecule has 0 aromatic carbocycles. The van der Waals surface area contributed by atoms with Crippen molar-refractivity contribution in [2.45, 2.75) is 19.4 Å². The van der Waals surface area contributed by atoms with E-state index >= 15 is 0 Å². The van der Waals surface area contributed by atoms with Gasteiger partial charge in [-0.2, -0.15) is 13.2 Å². The zero-order valence-electron chi connectivity index (χ0n) is 7.84. The predicted molar refractivity (Wildman–Crippen MR) is 44.0 cm³/mol. The number of amides is 1. The van der Waals surface area contributed by atoms with Crippen molar-refractivity contribution in [1.82, 2.24) is 9.97 Å². The number of aromatic nitrogens is 2. The Bertz CT molecular complexity index is 459. The van der Waals surface area contributed by atoms with Crippen LogP contribution in [0, 0.1) is 0 Å². The molecule has 1 amide bonds. The Labute approximate surface area is 87.4 Å². The van der Waals surface area contributed by atoms with Gasteiger partial charge in [-0.3, -0.25) is 4.79 Å². The molecule has 0 radical (unpaired) electrons. The third kappa shape index (κ3) is 1.71. The molecule has 16 heavy (non-hydrogen) atoms. The number of ether oxygens (including phenoxy) is 1. The number of carbonyl (C=O) groups is 1. The zero-order chi connectivity index (χ0) is 11.9. The van der Waals surface area contributed by atoms with Gasteiger partial charge in [0.05, 0.1) is 18.9 Å². The second-order valence-corrected chi connectivity index (χ2v) is 3.18. The Kier molecular flexibility index (Phi) is 2.30. The highest BCUT2D eigenvalue weighted by molar-refractivity contribution is 5.88. The number of carbonyl (C=O) groups excluding carboxylic acids is 1. The van der Waals surface area contributed by atoms with Crippen LogP contribution in [0.15, 0.2) is 0 Å². The van der Waals surface area contributed by atoms with Gasteiger partial charge in [-0.05, 0) is 0 Å². The Hall–Kier alpha value is -1.70. The highest BCUT2D eigenvalue weighted by atomic mass is 19.4. The highest BCUT2D eigenvalue weighted by Crippen LogP contribution is 2.34. The van der Waals surface area contributed by atoms with Crippen LogP contribution in [0.4, 0.5) is 13.2 Å². The number of hydrogen-bond acceptors (Lipinski definition) is 4. The van der Waals surface area contributed by atoms with Crippen LogP contribution in [0.5, 0.6) is 0 Å². The zero-order valence-corrected chi connectivity index (χ0v) is 7.84. The molecule has 0 atom stereocenters. The molecule has 0 spiro atoms. The van der Waals surface area contributed by atoms with Crippen LogP contribution in [0.2, 0.25) is 0 Å². The lowest BCUT2D eigenvalue weighted by atomic mass is 10.2. The van der Waals surface area contributed by atoms with Crippen LogP contribution in [-0.4, -0.2) is 15.9 Å². The Balaban J connectivity index is 2.63. The lowest BCUT2D eigenvalue weighted by molar-refractivity contribution is -0.142. The molecule has 5 nitrogen and oxygen atoms in total. The summed E-state index contributed by atoms with van der Waals surface area (Å²) in [5, 5.41) is 0. The molecule has 2 rings (SSSR count). The van der Waals surface area contributed by atoms with Gasteiger partial charge in [-0.15, -0.1) is 0 Å². The van der Waals surface area contributed by atoms with E-state index in [1.54, 1.807) is 0 Å². The van der Waals surface area contributed by atoms with Crippen LogP contribution >= 0.6 is 0 Å². The minimum absolute atomic E-state index is 0.0659. The summed E-state index contributed by atoms with van der Waals surface area (Å²) < 4.78 is 42.6. The number of hydrogen-bond donors (Lipinski definition) is 1. The molecule has 1 aromatic rings. The summed E-state index contributed by atoms with van der Waals surface area (Å²) in [5.74, 6) is -1.74. The molecule has 1 aromatic heterocycles. The third-order valence-electron chi connectivity index (χ3n) is 2.07. The fraction of sp³-hybridized carbons (Fsp3) is 0.375. The topological polar surface area (TPSA) is 78.1 Å². The largest absolute Gasteiger partial charge is 0.433 e. The Morgan fingerprint density at radius 1 is 1.31 bits per heavy atom. The number of halogens is 3. The number of alkyl halides is 3. The van der Waals surface area contributed by atoms with Crippen molar-refractivity contribution in [1.29, 1.82) is 0 Å². The van der Waals surface area contributed by atoms with Gasteiger partial charge < -0.3 is 10.5 Å². The molecule has 0 bridgehead atoms. The highest BCUT2D eigenvalue weighted by Gasteiger charge is 2.39. The van der Waals surface area contributed by atoms with E-state index in [2.05, 4.69) is 9.97 Å². The van der Waals surface area contributed by atoms with Crippen LogP contribution in [0.1, 0.15) is 27.6 Å². The van der Waals surface area contributed by atoms with Crippen LogP contribution in [0.25, 0.3) is 0 Å². The minimum Gasteiger partial charge on any atom is -0.370 e. The number of rotatable bonds is 1. The number of primary amides is 1. The lowest BCUT2D eigenvalue weighted by Gasteiger charge is -2.10. The average molecular weight is 233 g/mol. The first kappa shape index (κ1) is 10.8. The van der Waals surface area contributed by atoms with Crippen molar-refractivity contribution in [2.75, 3.05) is 0 Å². The van der Waals surface area contributed by atoms with Crippen LogP contribution in [-0.2, 0) is 24.1 Å². The summed E-state index contributed by atoms with van der Waals surface area (Å²) in [6, 6.07) is 0. The monoisotopic (exact) mass is 233 g/mol. The van der Waals surface area contributed by atoms with E-state index in [1.807, 2.05) is 0 Å². The number of nitrogens with two attached hydrogens (primary N) is 1. The molecule has 0 unspecified atom stereocenters. The molecule has 0 aliphatic carbocycles. The SMILES string of the molecule is NC(=O)c1nc2c(c(C(F)(F)F)n1)COC2. The van der Waals surface area contributed by atoms with Gasteiger partial charge in [0.1, 0.15) is 0 Å². The summed E-state index contributed by atoms with van der Waals surface area (Å²) in [6.07, 6.45) is -4.65. The maximum absolute atomic E-state index is 12.6. The fourth-order valence-electron chi connectivity index (χ4n) is 1.40. The van der Waals surface area contributed by atoms with Crippen molar-refractivity contribution in [3.8, 4) is 0 Å². The van der Waals surface area contributed by atoms with Crippen molar-refractivity contribution in [2.24, 2.45) is 5.73 Å². The van der Waals surface area contributed by atoms with Crippen LogP contribution < -0.4 is 5.73 Å². The van der Waals surface area contributed by atoms with Crippen molar-refractivity contribution in [3.05, 3.63) is 22.8 Å². The molecule has 0 saturated carbocycles. The molecule has 1 aliphatic rings. The number of fused-ring (bicyclic) bond motifs is 1. The van der Waals surface area contributed by atoms with Gasteiger partial charge in [0, 0.05) is 5.56 Å². The van der Waals surface area contributed by atoms with E-state index in [9.17, 15) is 18.0 Å². The van der Waals surface area contributed by atoms with E-state index in [4.69, 9.17) is 10.5 Å². The summed E-state index contributed by atoms with van der Waals surface area (Å²) in [5.41, 5.74) is 3.64. The predicted octanol–water partition coefficient (Wildman–Crippen LogP) is 0.625. The van der Waals surface area contributed by atoms with Crippen molar-refractivity contribution >= 4 is 5.91 Å². The molecule has 0 saturated heterocycles. The molecule has 86 valence electrons. The first-order valence-corrected chi connectivity index (χ1v) is 4.24. The van der Waals surface area contributed by atoms with Crippen molar-refractivity contribution < 1.29 is 22.7 Å². The summed E-state index contributed by atoms with van der Waals surface area (Å²) in [6.45, 7) is -0.273. The quantitative estimate of drug-likeness (QED) is 0.771. The summed E-state index contributed by atoms with van der Waals surface area (Å²) in [4.78, 5) is 17.5. The first-order valence-electron chi connectivity index (χ1n) is 4.24. The van der Waals surface area contributed by atoms with Gasteiger partial charge in [-0.25, -0.2) is 9.97 Å². The maximum Gasteiger partial charge on any atom is 0.433 e. The molecule has 0 fully saturated rings. The lowest BCUT2D eigenvalue weighted by Crippen LogP contribution is -2.21. The Morgan fingerprint density at radius 2 is 2.00 bits per heavy atom. The van der Waals surface area contributed by atoms with Gasteiger partial charge in [0.2, 0.25) is 5.82 Å². The fourth-order valence-corrected chi connectivity index (χ4v) is 1.40. The molecular weight excluding hydrogens is 227 g/mol. The van der Waals surface area contributed by atoms with E-state index in [-0.39, 0.29) is 24.5 Å². The minimum atomic E-state index is -4.65. The second-order valence-electron chi connectivity index (χ2n) is 3.18. The summed E-state index contributed by atoms with van der Waals surface area (Å²) >= 11 is 0. The smallest absolute Gasteiger partial charge is 0.370 e. The standard InChI is InChI=1S/C8H6F3N3O2/c9-8(10,11)5-3-1-16-2-4(3)13-7(14-5)6(12)15/h1-2H2,(H2,12,15). The van der Waals surface area contributed by atoms with E-state index < -0.39 is 23.6 Å². The molecule has 2 N–H and O–H groups in total. The van der Waals surface area contributed by atoms with Gasteiger partial charge >= 0.3 is 6.18 Å². The normalized spacial score (nSPS) is 14.9. The second kappa shape index (κ2) is 3.41. The van der Waals surface area contributed by atoms with Gasteiger partial charge in [0.15, 0.2) is 5.69 Å². The Morgan fingerprint density at radius 3 is 2.56 bits per heavy atom. The van der Waals surface area contributed by atoms with Crippen molar-refractivity contribution in [3.63, 3.8) is 0 Å². The van der Waals surface area contributed by atoms with Gasteiger partial charge in [-0.1, -0.05) is 0 Å². The summed E-state index contributed by atoms with van der Waals surface area (Å²) in [7, 11) is 0. The number of nitrogens with zero attached hydrogens (tertiary/aromatic N) is 2. The molecule has 1 aliphatic heterocycles. The van der Waals surface area contributed by atoms with Gasteiger partial charge in [0.25, 0.3) is 5.91 Å². The van der Waals surface area contributed by atoms with Crippen LogP contribution in [0.3, 0.4) is 0 Å². The molecule has 8 heteroatoms. The molecular formula is C8H6F3N3O2. The average Bonchev–Trinajstić information content (AvgIpc) is 2.61. The van der Waals surface area contributed by atoms with E-state index in [0.717, 1.165) is 0 Å². The third-order valence-corrected chi connectivity index (χ3v) is 2.07.